The van der Waals surface area contributed by atoms with Crippen LogP contribution in [-0.2, 0) is 17.6 Å². The van der Waals surface area contributed by atoms with E-state index in [1.165, 1.54) is 11.5 Å². The van der Waals surface area contributed by atoms with Gasteiger partial charge in [0.1, 0.15) is 5.82 Å². The summed E-state index contributed by atoms with van der Waals surface area (Å²) in [6.45, 7) is 4.98. The minimum Gasteiger partial charge on any atom is -0.343 e. The Morgan fingerprint density at radius 1 is 1.25 bits per heavy atom. The van der Waals surface area contributed by atoms with Gasteiger partial charge in [0.25, 0.3) is 0 Å². The van der Waals surface area contributed by atoms with Crippen LogP contribution in [-0.4, -0.2) is 52.4 Å². The van der Waals surface area contributed by atoms with E-state index in [9.17, 15) is 4.79 Å². The Morgan fingerprint density at radius 2 is 1.96 bits per heavy atom. The first-order valence-electron chi connectivity index (χ1n) is 8.33. The number of nitrogens with two attached hydrogens (primary N) is 1. The molecule has 1 aromatic carbocycles. The van der Waals surface area contributed by atoms with Gasteiger partial charge in [-0.3, -0.25) is 4.79 Å². The second-order valence-electron chi connectivity index (χ2n) is 5.96. The summed E-state index contributed by atoms with van der Waals surface area (Å²) in [5.41, 5.74) is 7.22. The minimum atomic E-state index is -0.479. The van der Waals surface area contributed by atoms with Gasteiger partial charge in [-0.15, -0.1) is 0 Å². The Labute approximate surface area is 146 Å². The normalized spacial score (nSPS) is 16.2. The average molecular weight is 345 g/mol. The Kier molecular flexibility index (Phi) is 5.42. The molecule has 1 atom stereocenters. The number of amides is 1. The summed E-state index contributed by atoms with van der Waals surface area (Å²) in [5.74, 6) is 0.920. The van der Waals surface area contributed by atoms with E-state index < -0.39 is 6.04 Å². The van der Waals surface area contributed by atoms with Gasteiger partial charge >= 0.3 is 0 Å². The predicted molar refractivity (Wildman–Crippen MR) is 96.2 cm³/mol. The van der Waals surface area contributed by atoms with Gasteiger partial charge in [0.2, 0.25) is 11.0 Å². The minimum absolute atomic E-state index is 0.0324. The molecule has 0 aliphatic carbocycles. The smallest absolute Gasteiger partial charge is 0.239 e. The molecule has 1 fully saturated rings. The quantitative estimate of drug-likeness (QED) is 0.884. The van der Waals surface area contributed by atoms with Crippen LogP contribution in [0.25, 0.3) is 0 Å². The van der Waals surface area contributed by atoms with Crippen molar-refractivity contribution in [1.29, 1.82) is 0 Å². The number of nitrogens with zero attached hydrogens (tertiary/aromatic N) is 4. The lowest BCUT2D eigenvalue weighted by Crippen LogP contribution is -2.53. The molecule has 1 amide bonds. The molecule has 0 saturated carbocycles. The second kappa shape index (κ2) is 7.72. The highest BCUT2D eigenvalue weighted by Gasteiger charge is 2.26. The van der Waals surface area contributed by atoms with E-state index in [0.717, 1.165) is 36.0 Å². The summed E-state index contributed by atoms with van der Waals surface area (Å²) < 4.78 is 4.33. The van der Waals surface area contributed by atoms with E-state index in [1.807, 2.05) is 35.2 Å². The Bertz CT molecular complexity index is 667. The fraction of sp³-hybridized carbons (Fsp3) is 0.471. The predicted octanol–water partition coefficient (Wildman–Crippen LogP) is 1.32. The Hall–Kier alpha value is -1.99. The zero-order valence-corrected chi connectivity index (χ0v) is 14.7. The lowest BCUT2D eigenvalue weighted by molar-refractivity contribution is -0.132. The molecule has 128 valence electrons. The summed E-state index contributed by atoms with van der Waals surface area (Å²) >= 11 is 1.44. The zero-order valence-electron chi connectivity index (χ0n) is 13.9. The van der Waals surface area contributed by atoms with Crippen molar-refractivity contribution in [1.82, 2.24) is 14.3 Å². The summed E-state index contributed by atoms with van der Waals surface area (Å²) in [6, 6.07) is 9.44. The zero-order chi connectivity index (χ0) is 16.9. The largest absolute Gasteiger partial charge is 0.343 e. The lowest BCUT2D eigenvalue weighted by atomic mass is 10.1. The number of carbonyl (C=O) groups excluding carboxylic acids is 1. The van der Waals surface area contributed by atoms with Crippen LogP contribution in [0.4, 0.5) is 5.13 Å². The molecule has 6 nitrogen and oxygen atoms in total. The van der Waals surface area contributed by atoms with E-state index in [-0.39, 0.29) is 5.91 Å². The number of hydrogen-bond donors (Lipinski definition) is 1. The first kappa shape index (κ1) is 16.9. The van der Waals surface area contributed by atoms with E-state index in [1.54, 1.807) is 0 Å². The van der Waals surface area contributed by atoms with Crippen molar-refractivity contribution in [3.8, 4) is 0 Å². The monoisotopic (exact) mass is 345 g/mol. The summed E-state index contributed by atoms with van der Waals surface area (Å²) in [4.78, 5) is 21.1. The van der Waals surface area contributed by atoms with Gasteiger partial charge in [-0.05, 0) is 12.0 Å². The molecule has 3 rings (SSSR count). The van der Waals surface area contributed by atoms with Crippen molar-refractivity contribution < 1.29 is 4.79 Å². The van der Waals surface area contributed by atoms with Gasteiger partial charge in [0.15, 0.2) is 0 Å². The van der Waals surface area contributed by atoms with Crippen molar-refractivity contribution in [3.63, 3.8) is 0 Å². The van der Waals surface area contributed by atoms with Crippen molar-refractivity contribution in [2.45, 2.75) is 25.8 Å². The highest BCUT2D eigenvalue weighted by Crippen LogP contribution is 2.19. The Balaban J connectivity index is 1.53. The summed E-state index contributed by atoms with van der Waals surface area (Å²) in [7, 11) is 0. The fourth-order valence-corrected chi connectivity index (χ4v) is 3.63. The third-order valence-corrected chi connectivity index (χ3v) is 5.07. The first-order chi connectivity index (χ1) is 11.7. The standard InChI is InChI=1S/C17H23N5OS/c1-2-15-19-17(24-20-15)22-10-8-21(9-11-22)16(23)14(18)12-13-6-4-3-5-7-13/h3-7,14H,2,8-12,18H2,1H3. The molecule has 0 bridgehead atoms. The summed E-state index contributed by atoms with van der Waals surface area (Å²) in [6.07, 6.45) is 1.43. The number of rotatable bonds is 5. The Morgan fingerprint density at radius 3 is 2.58 bits per heavy atom. The molecule has 2 heterocycles. The molecule has 7 heteroatoms. The van der Waals surface area contributed by atoms with Gasteiger partial charge in [-0.2, -0.15) is 4.37 Å². The van der Waals surface area contributed by atoms with Crippen LogP contribution >= 0.6 is 11.5 Å². The van der Waals surface area contributed by atoms with Crippen molar-refractivity contribution in [3.05, 3.63) is 41.7 Å². The van der Waals surface area contributed by atoms with Crippen LogP contribution in [0.2, 0.25) is 0 Å². The highest BCUT2D eigenvalue weighted by molar-refractivity contribution is 7.09. The number of piperazine rings is 1. The molecule has 24 heavy (non-hydrogen) atoms. The van der Waals surface area contributed by atoms with Crippen LogP contribution in [0.5, 0.6) is 0 Å². The molecule has 2 aromatic rings. The van der Waals surface area contributed by atoms with Gasteiger partial charge in [-0.25, -0.2) is 4.98 Å². The molecular formula is C17H23N5OS. The van der Waals surface area contributed by atoms with E-state index >= 15 is 0 Å². The molecule has 1 unspecified atom stereocenters. The average Bonchev–Trinajstić information content (AvgIpc) is 3.11. The molecule has 0 spiro atoms. The maximum Gasteiger partial charge on any atom is 0.239 e. The van der Waals surface area contributed by atoms with Gasteiger partial charge in [0, 0.05) is 44.1 Å². The van der Waals surface area contributed by atoms with Gasteiger partial charge in [0.05, 0.1) is 6.04 Å². The molecule has 1 aromatic heterocycles. The fourth-order valence-electron chi connectivity index (χ4n) is 2.82. The number of benzene rings is 1. The van der Waals surface area contributed by atoms with Crippen LogP contribution < -0.4 is 10.6 Å². The first-order valence-corrected chi connectivity index (χ1v) is 9.10. The topological polar surface area (TPSA) is 75.4 Å². The number of anilines is 1. The van der Waals surface area contributed by atoms with Crippen LogP contribution in [0.15, 0.2) is 30.3 Å². The number of aryl methyl sites for hydroxylation is 1. The number of carbonyl (C=O) groups is 1. The van der Waals surface area contributed by atoms with Crippen LogP contribution in [0.1, 0.15) is 18.3 Å². The van der Waals surface area contributed by atoms with Gasteiger partial charge < -0.3 is 15.5 Å². The molecular weight excluding hydrogens is 322 g/mol. The molecule has 1 saturated heterocycles. The SMILES string of the molecule is CCc1nsc(N2CCN(C(=O)C(N)Cc3ccccc3)CC2)n1. The molecule has 1 aliphatic heterocycles. The molecule has 2 N–H and O–H groups in total. The molecule has 0 radical (unpaired) electrons. The number of aromatic nitrogens is 2. The maximum atomic E-state index is 12.6. The van der Waals surface area contributed by atoms with Crippen molar-refractivity contribution >= 4 is 22.6 Å². The third-order valence-electron chi connectivity index (χ3n) is 4.25. The van der Waals surface area contributed by atoms with E-state index in [2.05, 4.69) is 21.2 Å². The van der Waals surface area contributed by atoms with E-state index in [0.29, 0.717) is 19.5 Å². The lowest BCUT2D eigenvalue weighted by Gasteiger charge is -2.35. The third kappa shape index (κ3) is 3.91. The molecule has 1 aliphatic rings. The second-order valence-corrected chi connectivity index (χ2v) is 6.69. The maximum absolute atomic E-state index is 12.6. The van der Waals surface area contributed by atoms with Crippen molar-refractivity contribution in [2.75, 3.05) is 31.1 Å². The van der Waals surface area contributed by atoms with E-state index in [4.69, 9.17) is 5.73 Å². The number of hydrogen-bond acceptors (Lipinski definition) is 6. The summed E-state index contributed by atoms with van der Waals surface area (Å²) in [5, 5.41) is 0.951. The van der Waals surface area contributed by atoms with Gasteiger partial charge in [-0.1, -0.05) is 37.3 Å². The van der Waals surface area contributed by atoms with Crippen LogP contribution in [0, 0.1) is 0 Å². The van der Waals surface area contributed by atoms with Crippen molar-refractivity contribution in [2.24, 2.45) is 5.73 Å². The van der Waals surface area contributed by atoms with Crippen LogP contribution in [0.3, 0.4) is 0 Å². The highest BCUT2D eigenvalue weighted by atomic mass is 32.1.